The summed E-state index contributed by atoms with van der Waals surface area (Å²) < 4.78 is 31.7. The Morgan fingerprint density at radius 2 is 1.37 bits per heavy atom. The molecule has 10 nitrogen and oxygen atoms in total. The van der Waals surface area contributed by atoms with E-state index in [0.29, 0.717) is 0 Å². The molecule has 152 valence electrons. The third kappa shape index (κ3) is 7.35. The molecular weight excluding hydrogens is 364 g/mol. The normalized spacial score (nSPS) is 27.2. The predicted octanol–water partition coefficient (Wildman–Crippen LogP) is 0.272. The van der Waals surface area contributed by atoms with E-state index in [-0.39, 0.29) is 13.2 Å². The fourth-order valence-corrected chi connectivity index (χ4v) is 2.49. The Morgan fingerprint density at radius 3 is 1.85 bits per heavy atom. The van der Waals surface area contributed by atoms with Crippen LogP contribution in [-0.4, -0.2) is 67.8 Å². The van der Waals surface area contributed by atoms with Crippen molar-refractivity contribution in [3.63, 3.8) is 0 Å². The molecule has 1 fully saturated rings. The standard InChI is InChI=1S/C17H24O10/c1-6-7-22-17-16(26-12(5)21)15(25-11(4)20)14(24-10(3)19)13(27-17)8-23-9(2)18/h6,13-17H,1,7-8H2,2-5H3/t13-,14+,15-,16+,17+/m1/s1. The fourth-order valence-electron chi connectivity index (χ4n) is 2.49. The fraction of sp³-hybridized carbons (Fsp3) is 0.647. The molecule has 0 N–H and O–H groups in total. The van der Waals surface area contributed by atoms with Crippen molar-refractivity contribution in [3.05, 3.63) is 12.7 Å². The van der Waals surface area contributed by atoms with Gasteiger partial charge in [-0.15, -0.1) is 6.58 Å². The lowest BCUT2D eigenvalue weighted by molar-refractivity contribution is -0.305. The van der Waals surface area contributed by atoms with Crippen LogP contribution in [0.5, 0.6) is 0 Å². The average molecular weight is 388 g/mol. The Bertz CT molecular complexity index is 572. The summed E-state index contributed by atoms with van der Waals surface area (Å²) >= 11 is 0. The first-order valence-electron chi connectivity index (χ1n) is 8.18. The molecule has 27 heavy (non-hydrogen) atoms. The molecule has 0 radical (unpaired) electrons. The van der Waals surface area contributed by atoms with Crippen LogP contribution in [0, 0.1) is 0 Å². The maximum atomic E-state index is 11.6. The van der Waals surface area contributed by atoms with Gasteiger partial charge < -0.3 is 28.4 Å². The largest absolute Gasteiger partial charge is 0.463 e. The van der Waals surface area contributed by atoms with Crippen LogP contribution in [0.2, 0.25) is 0 Å². The molecule has 0 amide bonds. The third-order valence-corrected chi connectivity index (χ3v) is 3.33. The van der Waals surface area contributed by atoms with E-state index in [1.807, 2.05) is 0 Å². The number of carbonyl (C=O) groups is 4. The molecule has 0 unspecified atom stereocenters. The second kappa shape index (κ2) is 10.6. The molecule has 1 heterocycles. The van der Waals surface area contributed by atoms with Gasteiger partial charge in [0.25, 0.3) is 0 Å². The molecule has 1 rings (SSSR count). The van der Waals surface area contributed by atoms with Crippen molar-refractivity contribution in [1.29, 1.82) is 0 Å². The zero-order chi connectivity index (χ0) is 20.6. The highest BCUT2D eigenvalue weighted by atomic mass is 16.7. The molecule has 0 aromatic heterocycles. The highest BCUT2D eigenvalue weighted by Crippen LogP contribution is 2.29. The van der Waals surface area contributed by atoms with E-state index in [0.717, 1.165) is 20.8 Å². The number of hydrogen-bond donors (Lipinski definition) is 0. The summed E-state index contributed by atoms with van der Waals surface area (Å²) in [6, 6.07) is 0. The zero-order valence-electron chi connectivity index (χ0n) is 15.7. The van der Waals surface area contributed by atoms with Gasteiger partial charge in [0, 0.05) is 27.7 Å². The van der Waals surface area contributed by atoms with Crippen molar-refractivity contribution in [3.8, 4) is 0 Å². The Balaban J connectivity index is 3.24. The molecular formula is C17H24O10. The molecule has 0 saturated carbocycles. The minimum atomic E-state index is -1.24. The Morgan fingerprint density at radius 1 is 0.852 bits per heavy atom. The number of rotatable bonds is 8. The maximum absolute atomic E-state index is 11.6. The highest BCUT2D eigenvalue weighted by molar-refractivity contribution is 5.68. The van der Waals surface area contributed by atoms with Crippen LogP contribution in [0.15, 0.2) is 12.7 Å². The number of hydrogen-bond acceptors (Lipinski definition) is 10. The van der Waals surface area contributed by atoms with Gasteiger partial charge in [-0.1, -0.05) is 6.08 Å². The molecule has 0 aromatic carbocycles. The first kappa shape index (κ1) is 22.6. The van der Waals surface area contributed by atoms with E-state index in [1.165, 1.54) is 13.0 Å². The summed E-state index contributed by atoms with van der Waals surface area (Å²) in [5.41, 5.74) is 0. The second-order valence-electron chi connectivity index (χ2n) is 5.69. The summed E-state index contributed by atoms with van der Waals surface area (Å²) in [7, 11) is 0. The third-order valence-electron chi connectivity index (χ3n) is 3.33. The lowest BCUT2D eigenvalue weighted by Gasteiger charge is -2.43. The molecule has 0 spiro atoms. The van der Waals surface area contributed by atoms with Crippen molar-refractivity contribution < 1.29 is 47.6 Å². The minimum absolute atomic E-state index is 0.0355. The number of ether oxygens (including phenoxy) is 6. The van der Waals surface area contributed by atoms with Gasteiger partial charge in [0.15, 0.2) is 24.6 Å². The summed E-state index contributed by atoms with van der Waals surface area (Å²) in [4.78, 5) is 45.8. The van der Waals surface area contributed by atoms with Gasteiger partial charge in [0.2, 0.25) is 0 Å². The predicted molar refractivity (Wildman–Crippen MR) is 88.1 cm³/mol. The molecule has 1 aliphatic heterocycles. The quantitative estimate of drug-likeness (QED) is 0.325. The van der Waals surface area contributed by atoms with Crippen LogP contribution >= 0.6 is 0 Å². The topological polar surface area (TPSA) is 124 Å². The van der Waals surface area contributed by atoms with Crippen LogP contribution in [0.4, 0.5) is 0 Å². The van der Waals surface area contributed by atoms with E-state index in [2.05, 4.69) is 6.58 Å². The highest BCUT2D eigenvalue weighted by Gasteiger charge is 2.52. The molecule has 5 atom stereocenters. The van der Waals surface area contributed by atoms with E-state index in [9.17, 15) is 19.2 Å². The van der Waals surface area contributed by atoms with Crippen molar-refractivity contribution in [2.75, 3.05) is 13.2 Å². The lowest BCUT2D eigenvalue weighted by Crippen LogP contribution is -2.62. The van der Waals surface area contributed by atoms with Gasteiger partial charge in [-0.3, -0.25) is 19.2 Å². The Labute approximate surface area is 156 Å². The van der Waals surface area contributed by atoms with E-state index in [4.69, 9.17) is 28.4 Å². The van der Waals surface area contributed by atoms with Crippen LogP contribution in [-0.2, 0) is 47.6 Å². The molecule has 10 heteroatoms. The van der Waals surface area contributed by atoms with Crippen LogP contribution < -0.4 is 0 Å². The van der Waals surface area contributed by atoms with Crippen molar-refractivity contribution in [2.45, 2.75) is 58.4 Å². The van der Waals surface area contributed by atoms with Crippen LogP contribution in [0.3, 0.4) is 0 Å². The monoisotopic (exact) mass is 388 g/mol. The smallest absolute Gasteiger partial charge is 0.303 e. The van der Waals surface area contributed by atoms with Gasteiger partial charge in [-0.25, -0.2) is 0 Å². The SMILES string of the molecule is C=CCO[C@H]1O[C@H](COC(C)=O)[C@H](OC(C)=O)[C@@H](OC(C)=O)[C@@H]1OC(C)=O. The second-order valence-corrected chi connectivity index (χ2v) is 5.69. The maximum Gasteiger partial charge on any atom is 0.303 e. The van der Waals surface area contributed by atoms with Gasteiger partial charge in [-0.05, 0) is 0 Å². The molecule has 1 saturated heterocycles. The molecule has 0 bridgehead atoms. The number of carbonyl (C=O) groups excluding carboxylic acids is 4. The first-order valence-corrected chi connectivity index (χ1v) is 8.18. The van der Waals surface area contributed by atoms with Crippen LogP contribution in [0.1, 0.15) is 27.7 Å². The summed E-state index contributed by atoms with van der Waals surface area (Å²) in [6.45, 7) is 7.90. The summed E-state index contributed by atoms with van der Waals surface area (Å²) in [5, 5.41) is 0. The molecule has 1 aliphatic rings. The van der Waals surface area contributed by atoms with Crippen molar-refractivity contribution in [1.82, 2.24) is 0 Å². The van der Waals surface area contributed by atoms with Gasteiger partial charge in [-0.2, -0.15) is 0 Å². The lowest BCUT2D eigenvalue weighted by atomic mass is 9.98. The Hall–Kier alpha value is -2.46. The summed E-state index contributed by atoms with van der Waals surface area (Å²) in [6.07, 6.45) is -4.41. The van der Waals surface area contributed by atoms with E-state index >= 15 is 0 Å². The van der Waals surface area contributed by atoms with Crippen LogP contribution in [0.25, 0.3) is 0 Å². The molecule has 0 aliphatic carbocycles. The summed E-state index contributed by atoms with van der Waals surface area (Å²) in [5.74, 6) is -2.67. The van der Waals surface area contributed by atoms with Crippen molar-refractivity contribution >= 4 is 23.9 Å². The zero-order valence-corrected chi connectivity index (χ0v) is 15.7. The van der Waals surface area contributed by atoms with Gasteiger partial charge in [0.1, 0.15) is 12.7 Å². The molecule has 0 aromatic rings. The minimum Gasteiger partial charge on any atom is -0.463 e. The van der Waals surface area contributed by atoms with Gasteiger partial charge >= 0.3 is 23.9 Å². The first-order chi connectivity index (χ1) is 12.6. The number of esters is 4. The van der Waals surface area contributed by atoms with Crippen molar-refractivity contribution in [2.24, 2.45) is 0 Å². The Kier molecular flexibility index (Phi) is 8.89. The van der Waals surface area contributed by atoms with E-state index in [1.54, 1.807) is 0 Å². The van der Waals surface area contributed by atoms with Gasteiger partial charge in [0.05, 0.1) is 6.61 Å². The van der Waals surface area contributed by atoms with E-state index < -0.39 is 54.6 Å². The average Bonchev–Trinajstić information content (AvgIpc) is 2.54.